The molecule has 1 atom stereocenters. The number of alkyl carbamates (subject to hydrolysis) is 1. The van der Waals surface area contributed by atoms with Gasteiger partial charge in [0.15, 0.2) is 0 Å². The van der Waals surface area contributed by atoms with Gasteiger partial charge in [-0.1, -0.05) is 91.0 Å². The lowest BCUT2D eigenvalue weighted by Crippen LogP contribution is -2.49. The van der Waals surface area contributed by atoms with Gasteiger partial charge in [-0.25, -0.2) is 4.79 Å². The van der Waals surface area contributed by atoms with Crippen molar-refractivity contribution >= 4 is 18.0 Å². The lowest BCUT2D eigenvalue weighted by Gasteiger charge is -2.18. The zero-order chi connectivity index (χ0) is 23.3. The van der Waals surface area contributed by atoms with Crippen LogP contribution in [0.5, 0.6) is 0 Å². The van der Waals surface area contributed by atoms with Crippen molar-refractivity contribution in [3.8, 4) is 0 Å². The molecule has 0 bridgehead atoms. The number of nitrogens with one attached hydrogen (secondary N) is 2. The number of esters is 1. The number of carbonyl (C=O) groups is 3. The molecule has 3 aromatic rings. The topological polar surface area (TPSA) is 93.7 Å². The van der Waals surface area contributed by atoms with E-state index < -0.39 is 24.0 Å². The molecule has 0 fully saturated rings. The van der Waals surface area contributed by atoms with Gasteiger partial charge in [-0.15, -0.1) is 0 Å². The lowest BCUT2D eigenvalue weighted by molar-refractivity contribution is -0.145. The van der Waals surface area contributed by atoms with Crippen LogP contribution in [0.25, 0.3) is 0 Å². The third-order valence-electron chi connectivity index (χ3n) is 4.75. The minimum Gasteiger partial charge on any atom is -0.460 e. The molecule has 2 N–H and O–H groups in total. The second-order valence-electron chi connectivity index (χ2n) is 7.31. The fourth-order valence-electron chi connectivity index (χ4n) is 3.04. The summed E-state index contributed by atoms with van der Waals surface area (Å²) in [6.07, 6.45) is -0.479. The fourth-order valence-corrected chi connectivity index (χ4v) is 3.04. The van der Waals surface area contributed by atoms with Gasteiger partial charge < -0.3 is 20.1 Å². The summed E-state index contributed by atoms with van der Waals surface area (Å²) in [5, 5.41) is 5.13. The predicted octanol–water partition coefficient (Wildman–Crippen LogP) is 3.38. The van der Waals surface area contributed by atoms with E-state index in [2.05, 4.69) is 10.6 Å². The van der Waals surface area contributed by atoms with E-state index >= 15 is 0 Å². The van der Waals surface area contributed by atoms with E-state index in [4.69, 9.17) is 9.47 Å². The standard InChI is InChI=1S/C26H26N2O5/c29-24(32-18-21-12-6-2-7-13-21)17-27-25(30)23(16-20-10-4-1-5-11-20)28-26(31)33-19-22-14-8-3-9-15-22/h1-15,23H,16-19H2,(H,27,30)(H,28,31)/t23-/m1/s1. The molecule has 2 amide bonds. The fraction of sp³-hybridized carbons (Fsp3) is 0.192. The Morgan fingerprint density at radius 1 is 0.667 bits per heavy atom. The van der Waals surface area contributed by atoms with Crippen molar-refractivity contribution in [2.75, 3.05) is 6.54 Å². The van der Waals surface area contributed by atoms with E-state index in [-0.39, 0.29) is 26.2 Å². The number of benzene rings is 3. The van der Waals surface area contributed by atoms with Crippen LogP contribution in [0.3, 0.4) is 0 Å². The van der Waals surface area contributed by atoms with Gasteiger partial charge in [-0.2, -0.15) is 0 Å². The van der Waals surface area contributed by atoms with Gasteiger partial charge in [0.25, 0.3) is 0 Å². The maximum Gasteiger partial charge on any atom is 0.408 e. The summed E-state index contributed by atoms with van der Waals surface area (Å²) in [7, 11) is 0. The van der Waals surface area contributed by atoms with Gasteiger partial charge in [0.1, 0.15) is 25.8 Å². The Morgan fingerprint density at radius 3 is 1.70 bits per heavy atom. The maximum absolute atomic E-state index is 12.7. The third kappa shape index (κ3) is 8.49. The van der Waals surface area contributed by atoms with Crippen LogP contribution < -0.4 is 10.6 Å². The Kier molecular flexibility index (Phi) is 9.03. The molecule has 33 heavy (non-hydrogen) atoms. The summed E-state index contributed by atoms with van der Waals surface area (Å²) in [6, 6.07) is 26.8. The molecular formula is C26H26N2O5. The van der Waals surface area contributed by atoms with Gasteiger partial charge in [0.2, 0.25) is 5.91 Å². The number of ether oxygens (including phenoxy) is 2. The average Bonchev–Trinajstić information content (AvgIpc) is 2.86. The number of amides is 2. The van der Waals surface area contributed by atoms with Crippen LogP contribution in [0.1, 0.15) is 16.7 Å². The monoisotopic (exact) mass is 446 g/mol. The zero-order valence-electron chi connectivity index (χ0n) is 18.1. The third-order valence-corrected chi connectivity index (χ3v) is 4.75. The summed E-state index contributed by atoms with van der Waals surface area (Å²) >= 11 is 0. The maximum atomic E-state index is 12.7. The molecule has 0 saturated carbocycles. The summed E-state index contributed by atoms with van der Waals surface area (Å²) < 4.78 is 10.4. The normalized spacial score (nSPS) is 11.2. The first-order valence-electron chi connectivity index (χ1n) is 10.6. The Labute approximate surface area is 192 Å². The molecule has 0 aromatic heterocycles. The van der Waals surface area contributed by atoms with Crippen molar-refractivity contribution < 1.29 is 23.9 Å². The Bertz CT molecular complexity index is 1030. The minimum atomic E-state index is -0.919. The molecule has 0 aliphatic rings. The highest BCUT2D eigenvalue weighted by Gasteiger charge is 2.22. The van der Waals surface area contributed by atoms with Crippen molar-refractivity contribution in [2.24, 2.45) is 0 Å². The molecule has 0 aliphatic heterocycles. The Hall–Kier alpha value is -4.13. The highest BCUT2D eigenvalue weighted by Crippen LogP contribution is 2.06. The number of hydrogen-bond donors (Lipinski definition) is 2. The smallest absolute Gasteiger partial charge is 0.408 e. The van der Waals surface area contributed by atoms with Crippen molar-refractivity contribution in [1.82, 2.24) is 10.6 Å². The average molecular weight is 447 g/mol. The van der Waals surface area contributed by atoms with Crippen molar-refractivity contribution in [2.45, 2.75) is 25.7 Å². The predicted molar refractivity (Wildman–Crippen MR) is 123 cm³/mol. The highest BCUT2D eigenvalue weighted by atomic mass is 16.5. The first kappa shape index (κ1) is 23.5. The van der Waals surface area contributed by atoms with E-state index in [1.807, 2.05) is 91.0 Å². The van der Waals surface area contributed by atoms with E-state index in [0.29, 0.717) is 0 Å². The van der Waals surface area contributed by atoms with Gasteiger partial charge in [-0.3, -0.25) is 9.59 Å². The summed E-state index contributed by atoms with van der Waals surface area (Å²) in [4.78, 5) is 37.1. The molecule has 0 heterocycles. The first-order chi connectivity index (χ1) is 16.1. The quantitative estimate of drug-likeness (QED) is 0.466. The molecule has 7 nitrogen and oxygen atoms in total. The van der Waals surface area contributed by atoms with Crippen LogP contribution in [-0.4, -0.2) is 30.6 Å². The van der Waals surface area contributed by atoms with Crippen LogP contribution in [0.15, 0.2) is 91.0 Å². The van der Waals surface area contributed by atoms with Crippen LogP contribution >= 0.6 is 0 Å². The van der Waals surface area contributed by atoms with Crippen LogP contribution in [0.4, 0.5) is 4.79 Å². The Balaban J connectivity index is 1.52. The van der Waals surface area contributed by atoms with Gasteiger partial charge >= 0.3 is 12.1 Å². The van der Waals surface area contributed by atoms with E-state index in [0.717, 1.165) is 16.7 Å². The van der Waals surface area contributed by atoms with E-state index in [1.54, 1.807) is 0 Å². The molecule has 0 radical (unpaired) electrons. The minimum absolute atomic E-state index is 0.0815. The molecule has 0 aliphatic carbocycles. The molecule has 170 valence electrons. The molecular weight excluding hydrogens is 420 g/mol. The van der Waals surface area contributed by atoms with Crippen LogP contribution in [0.2, 0.25) is 0 Å². The van der Waals surface area contributed by atoms with Gasteiger partial charge in [0.05, 0.1) is 0 Å². The molecule has 3 aromatic carbocycles. The van der Waals surface area contributed by atoms with Crippen molar-refractivity contribution in [1.29, 1.82) is 0 Å². The van der Waals surface area contributed by atoms with Gasteiger partial charge in [0, 0.05) is 6.42 Å². The second kappa shape index (κ2) is 12.7. The number of rotatable bonds is 10. The van der Waals surface area contributed by atoms with Gasteiger partial charge in [-0.05, 0) is 16.7 Å². The SMILES string of the molecule is O=C(CNC(=O)[C@@H](Cc1ccccc1)NC(=O)OCc1ccccc1)OCc1ccccc1. The summed E-state index contributed by atoms with van der Waals surface area (Å²) in [6.45, 7) is -0.108. The summed E-state index contributed by atoms with van der Waals surface area (Å²) in [5.74, 6) is -1.08. The number of carbonyl (C=O) groups excluding carboxylic acids is 3. The van der Waals surface area contributed by atoms with Crippen molar-refractivity contribution in [3.05, 3.63) is 108 Å². The second-order valence-corrected chi connectivity index (χ2v) is 7.31. The van der Waals surface area contributed by atoms with E-state index in [1.165, 1.54) is 0 Å². The lowest BCUT2D eigenvalue weighted by atomic mass is 10.1. The largest absolute Gasteiger partial charge is 0.460 e. The number of hydrogen-bond acceptors (Lipinski definition) is 5. The zero-order valence-corrected chi connectivity index (χ0v) is 18.1. The first-order valence-corrected chi connectivity index (χ1v) is 10.6. The van der Waals surface area contributed by atoms with Crippen LogP contribution in [0, 0.1) is 0 Å². The van der Waals surface area contributed by atoms with Crippen molar-refractivity contribution in [3.63, 3.8) is 0 Å². The molecule has 0 saturated heterocycles. The Morgan fingerprint density at radius 2 is 1.15 bits per heavy atom. The van der Waals surface area contributed by atoms with E-state index in [9.17, 15) is 14.4 Å². The molecule has 3 rings (SSSR count). The molecule has 0 unspecified atom stereocenters. The highest BCUT2D eigenvalue weighted by molar-refractivity contribution is 5.88. The molecule has 7 heteroatoms. The molecule has 0 spiro atoms. The summed E-state index contributed by atoms with van der Waals surface area (Å²) in [5.41, 5.74) is 2.53. The van der Waals surface area contributed by atoms with Crippen LogP contribution in [-0.2, 0) is 38.7 Å².